The molecule has 0 aliphatic rings. The molecule has 142 valence electrons. The summed E-state index contributed by atoms with van der Waals surface area (Å²) in [7, 11) is -3.15. The summed E-state index contributed by atoms with van der Waals surface area (Å²) in [6.07, 6.45) is 2.94. The van der Waals surface area contributed by atoms with Crippen molar-refractivity contribution < 1.29 is 18.5 Å². The molecule has 1 heterocycles. The number of benzene rings is 1. The normalized spacial score (nSPS) is 14.0. The average Bonchev–Trinajstić information content (AvgIpc) is 3.06. The number of hydrogen-bond donors (Lipinski definition) is 1. The number of carbonyl (C=O) groups excluding carboxylic acids is 1. The first-order chi connectivity index (χ1) is 12.1. The summed E-state index contributed by atoms with van der Waals surface area (Å²) in [4.78, 5) is 15.8. The number of aromatic nitrogens is 2. The van der Waals surface area contributed by atoms with Crippen molar-refractivity contribution in [2.24, 2.45) is 0 Å². The third kappa shape index (κ3) is 5.02. The molecule has 0 radical (unpaired) electrons. The minimum atomic E-state index is -3.26. The lowest BCUT2D eigenvalue weighted by Crippen LogP contribution is -2.22. The molecule has 1 unspecified atom stereocenters. The molecule has 1 N–H and O–H groups in total. The molecule has 0 amide bonds. The fourth-order valence-corrected chi connectivity index (χ4v) is 4.36. The van der Waals surface area contributed by atoms with Crippen molar-refractivity contribution >= 4 is 23.8 Å². The van der Waals surface area contributed by atoms with Crippen LogP contribution in [0.4, 0.5) is 0 Å². The maximum atomic E-state index is 13.1. The van der Waals surface area contributed by atoms with Crippen LogP contribution in [-0.4, -0.2) is 41.5 Å². The second-order valence-corrected chi connectivity index (χ2v) is 14.7. The Morgan fingerprint density at radius 2 is 1.92 bits per heavy atom. The molecule has 0 saturated heterocycles. The second-order valence-electron chi connectivity index (χ2n) is 7.12. The quantitative estimate of drug-likeness (QED) is 0.420. The van der Waals surface area contributed by atoms with Gasteiger partial charge in [0, 0.05) is 14.7 Å². The molecule has 9 heteroatoms. The van der Waals surface area contributed by atoms with Crippen LogP contribution in [0, 0.1) is 4.78 Å². The maximum Gasteiger partial charge on any atom is 0.337 e. The highest BCUT2D eigenvalue weighted by molar-refractivity contribution is 7.92. The summed E-state index contributed by atoms with van der Waals surface area (Å²) in [5, 5.41) is 0.274. The number of methoxy groups -OCH3 is 1. The van der Waals surface area contributed by atoms with Gasteiger partial charge in [0.15, 0.2) is 0 Å². The van der Waals surface area contributed by atoms with Crippen molar-refractivity contribution in [3.05, 3.63) is 42.4 Å². The van der Waals surface area contributed by atoms with Crippen molar-refractivity contribution in [2.45, 2.75) is 42.3 Å². The second kappa shape index (κ2) is 8.15. The van der Waals surface area contributed by atoms with E-state index in [4.69, 9.17) is 9.52 Å². The Hall–Kier alpha value is -1.97. The van der Waals surface area contributed by atoms with Crippen molar-refractivity contribution in [1.82, 2.24) is 9.55 Å². The van der Waals surface area contributed by atoms with Crippen LogP contribution in [0.3, 0.4) is 0 Å². The predicted molar refractivity (Wildman–Crippen MR) is 102 cm³/mol. The Balaban J connectivity index is 2.15. The molecular weight excluding hydrogens is 370 g/mol. The minimum Gasteiger partial charge on any atom is -0.465 e. The van der Waals surface area contributed by atoms with E-state index in [1.54, 1.807) is 4.57 Å². The Kier molecular flexibility index (Phi) is 6.38. The van der Waals surface area contributed by atoms with E-state index in [-0.39, 0.29) is 11.8 Å². The molecule has 7 nitrogen and oxygen atoms in total. The lowest BCUT2D eigenvalue weighted by molar-refractivity contribution is 0.0600. The van der Waals surface area contributed by atoms with Crippen LogP contribution in [-0.2, 0) is 25.9 Å². The highest BCUT2D eigenvalue weighted by atomic mass is 32.2. The Morgan fingerprint density at radius 3 is 2.50 bits per heavy atom. The molecule has 0 spiro atoms. The van der Waals surface area contributed by atoms with E-state index in [1.165, 1.54) is 43.9 Å². The van der Waals surface area contributed by atoms with Crippen LogP contribution in [0.2, 0.25) is 25.7 Å². The van der Waals surface area contributed by atoms with Gasteiger partial charge in [-0.25, -0.2) is 18.8 Å². The molecule has 0 bridgehead atoms. The summed E-state index contributed by atoms with van der Waals surface area (Å²) in [6.45, 7) is 7.64. The molecule has 26 heavy (non-hydrogen) atoms. The van der Waals surface area contributed by atoms with Crippen LogP contribution in [0.15, 0.2) is 46.7 Å². The number of nitrogens with zero attached hydrogens (tertiary/aromatic N) is 2. The van der Waals surface area contributed by atoms with Crippen molar-refractivity contribution in [1.29, 1.82) is 4.78 Å². The van der Waals surface area contributed by atoms with E-state index in [0.29, 0.717) is 17.1 Å². The van der Waals surface area contributed by atoms with Crippen LogP contribution in [0.1, 0.15) is 10.4 Å². The summed E-state index contributed by atoms with van der Waals surface area (Å²) < 4.78 is 33.3. The number of esters is 1. The first-order valence-electron chi connectivity index (χ1n) is 8.20. The number of nitrogens with one attached hydrogen (secondary N) is 1. The predicted octanol–water partition coefficient (Wildman–Crippen LogP) is 3.45. The van der Waals surface area contributed by atoms with Gasteiger partial charge in [0.1, 0.15) is 21.5 Å². The first kappa shape index (κ1) is 20.3. The van der Waals surface area contributed by atoms with E-state index in [0.717, 1.165) is 6.04 Å². The van der Waals surface area contributed by atoms with E-state index < -0.39 is 23.8 Å². The minimum absolute atomic E-state index is 0.204. The van der Waals surface area contributed by atoms with Crippen LogP contribution in [0.5, 0.6) is 0 Å². The van der Waals surface area contributed by atoms with Gasteiger partial charge < -0.3 is 9.47 Å². The molecule has 2 aromatic rings. The highest BCUT2D eigenvalue weighted by Gasteiger charge is 2.19. The molecule has 1 aromatic heterocycles. The Morgan fingerprint density at radius 1 is 1.27 bits per heavy atom. The van der Waals surface area contributed by atoms with Crippen LogP contribution >= 0.6 is 0 Å². The lowest BCUT2D eigenvalue weighted by Gasteiger charge is -2.16. The van der Waals surface area contributed by atoms with Crippen molar-refractivity contribution in [2.75, 3.05) is 13.7 Å². The van der Waals surface area contributed by atoms with Crippen molar-refractivity contribution in [3.63, 3.8) is 0 Å². The standard InChI is InChI=1S/C17H25N3O4SSi/c1-23-17(21)14-5-7-15(8-6-14)25(18,22)16-11-19-12-20(16)13-24-9-10-26(2,3)4/h5-8,11-12,18H,9-10,13H2,1-4H3. The van der Waals surface area contributed by atoms with Gasteiger partial charge in [0.25, 0.3) is 0 Å². The molecule has 0 saturated carbocycles. The van der Waals surface area contributed by atoms with Gasteiger partial charge in [-0.2, -0.15) is 0 Å². The van der Waals surface area contributed by atoms with Gasteiger partial charge in [-0.3, -0.25) is 4.57 Å². The zero-order chi connectivity index (χ0) is 19.4. The van der Waals surface area contributed by atoms with Crippen LogP contribution < -0.4 is 0 Å². The summed E-state index contributed by atoms with van der Waals surface area (Å²) in [6, 6.07) is 7.04. The van der Waals surface area contributed by atoms with Gasteiger partial charge in [-0.1, -0.05) is 19.6 Å². The topological polar surface area (TPSA) is 94.3 Å². The summed E-state index contributed by atoms with van der Waals surface area (Å²) >= 11 is 0. The van der Waals surface area contributed by atoms with Gasteiger partial charge in [0.2, 0.25) is 0 Å². The third-order valence-electron chi connectivity index (χ3n) is 3.80. The SMILES string of the molecule is COC(=O)c1ccc(S(=N)(=O)c2cncn2COCC[Si](C)(C)C)cc1. The van der Waals surface area contributed by atoms with E-state index in [9.17, 15) is 9.00 Å². The Labute approximate surface area is 155 Å². The molecule has 1 aromatic carbocycles. The molecule has 0 aliphatic heterocycles. The Bertz CT molecular complexity index is 855. The molecule has 0 aliphatic carbocycles. The lowest BCUT2D eigenvalue weighted by atomic mass is 10.2. The summed E-state index contributed by atoms with van der Waals surface area (Å²) in [5.74, 6) is -0.478. The fraction of sp³-hybridized carbons (Fsp3) is 0.412. The monoisotopic (exact) mass is 395 g/mol. The molecule has 1 atom stereocenters. The number of rotatable bonds is 8. The highest BCUT2D eigenvalue weighted by Crippen LogP contribution is 2.22. The number of ether oxygens (including phenoxy) is 2. The number of hydrogen-bond acceptors (Lipinski definition) is 6. The van der Waals surface area contributed by atoms with Crippen molar-refractivity contribution in [3.8, 4) is 0 Å². The zero-order valence-electron chi connectivity index (χ0n) is 15.5. The maximum absolute atomic E-state index is 13.1. The zero-order valence-corrected chi connectivity index (χ0v) is 17.3. The van der Waals surface area contributed by atoms with Crippen LogP contribution in [0.25, 0.3) is 0 Å². The number of carbonyl (C=O) groups is 1. The van der Waals surface area contributed by atoms with Gasteiger partial charge in [0.05, 0.1) is 30.1 Å². The van der Waals surface area contributed by atoms with Gasteiger partial charge >= 0.3 is 5.97 Å². The smallest absolute Gasteiger partial charge is 0.337 e. The largest absolute Gasteiger partial charge is 0.465 e. The third-order valence-corrected chi connectivity index (χ3v) is 7.37. The average molecular weight is 396 g/mol. The molecular formula is C17H25N3O4SSi. The first-order valence-corrected chi connectivity index (χ1v) is 13.5. The van der Waals surface area contributed by atoms with Gasteiger partial charge in [-0.15, -0.1) is 0 Å². The fourth-order valence-electron chi connectivity index (χ4n) is 2.21. The van der Waals surface area contributed by atoms with E-state index in [1.807, 2.05) is 0 Å². The van der Waals surface area contributed by atoms with E-state index in [2.05, 4.69) is 29.4 Å². The molecule has 0 fully saturated rings. The van der Waals surface area contributed by atoms with Gasteiger partial charge in [-0.05, 0) is 30.3 Å². The van der Waals surface area contributed by atoms with E-state index >= 15 is 0 Å². The summed E-state index contributed by atoms with van der Waals surface area (Å²) in [5.41, 5.74) is 0.342. The number of imidazole rings is 1. The molecule has 2 rings (SSSR count).